The third-order valence-electron chi connectivity index (χ3n) is 3.92. The topological polar surface area (TPSA) is 65.5 Å². The van der Waals surface area contributed by atoms with Crippen molar-refractivity contribution >= 4 is 11.8 Å². The summed E-state index contributed by atoms with van der Waals surface area (Å²) in [7, 11) is 0. The smallest absolute Gasteiger partial charge is 0.320 e. The van der Waals surface area contributed by atoms with Gasteiger partial charge in [-0.05, 0) is 49.9 Å². The maximum atomic E-state index is 11.2. The number of nitrogens with one attached hydrogen (secondary N) is 1. The van der Waals surface area contributed by atoms with E-state index >= 15 is 0 Å². The molecule has 1 fully saturated rings. The van der Waals surface area contributed by atoms with Crippen molar-refractivity contribution in [2.75, 3.05) is 25.0 Å². The first kappa shape index (κ1) is 14.8. The predicted octanol–water partition coefficient (Wildman–Crippen LogP) is 1.99. The average molecular weight is 277 g/mol. The molecule has 0 saturated carbocycles. The standard InChI is InChI=1S/C15H23N3O2/c1-3-13(15(19)20)18-7-5-12(10-18)9-17-14-8-11(2)4-6-16-14/h4,6,8,12-13H,3,5,7,9-10H2,1-2H3,(H,16,17)(H,19,20). The molecule has 0 bridgehead atoms. The Balaban J connectivity index is 1.83. The van der Waals surface area contributed by atoms with Crippen LogP contribution in [0.4, 0.5) is 5.82 Å². The van der Waals surface area contributed by atoms with Crippen molar-refractivity contribution in [2.24, 2.45) is 5.92 Å². The zero-order valence-corrected chi connectivity index (χ0v) is 12.2. The molecule has 0 amide bonds. The normalized spacial score (nSPS) is 20.8. The molecule has 2 atom stereocenters. The van der Waals surface area contributed by atoms with E-state index in [-0.39, 0.29) is 6.04 Å². The molecule has 2 heterocycles. The largest absolute Gasteiger partial charge is 0.480 e. The monoisotopic (exact) mass is 277 g/mol. The van der Waals surface area contributed by atoms with Crippen LogP contribution in [0.15, 0.2) is 18.3 Å². The summed E-state index contributed by atoms with van der Waals surface area (Å²) in [4.78, 5) is 17.5. The molecule has 2 unspecified atom stereocenters. The number of aryl methyl sites for hydroxylation is 1. The Morgan fingerprint density at radius 3 is 3.10 bits per heavy atom. The molecule has 5 heteroatoms. The molecule has 1 aromatic heterocycles. The highest BCUT2D eigenvalue weighted by Gasteiger charge is 2.30. The lowest BCUT2D eigenvalue weighted by atomic mass is 10.1. The number of carboxylic acid groups (broad SMARTS) is 1. The third kappa shape index (κ3) is 3.70. The summed E-state index contributed by atoms with van der Waals surface area (Å²) in [6.45, 7) is 6.55. The first-order chi connectivity index (χ1) is 9.60. The molecule has 5 nitrogen and oxygen atoms in total. The van der Waals surface area contributed by atoms with Crippen molar-refractivity contribution in [3.05, 3.63) is 23.9 Å². The molecule has 110 valence electrons. The number of carbonyl (C=O) groups is 1. The van der Waals surface area contributed by atoms with Crippen molar-refractivity contribution in [2.45, 2.75) is 32.7 Å². The van der Waals surface area contributed by atoms with Gasteiger partial charge in [0.25, 0.3) is 0 Å². The second-order valence-corrected chi connectivity index (χ2v) is 5.51. The molecular weight excluding hydrogens is 254 g/mol. The summed E-state index contributed by atoms with van der Waals surface area (Å²) in [5, 5.41) is 12.5. The Morgan fingerprint density at radius 1 is 1.65 bits per heavy atom. The summed E-state index contributed by atoms with van der Waals surface area (Å²) >= 11 is 0. The number of hydrogen-bond donors (Lipinski definition) is 2. The van der Waals surface area contributed by atoms with Crippen LogP contribution in [0.5, 0.6) is 0 Å². The molecule has 20 heavy (non-hydrogen) atoms. The molecule has 0 radical (unpaired) electrons. The third-order valence-corrected chi connectivity index (χ3v) is 3.92. The van der Waals surface area contributed by atoms with E-state index in [0.717, 1.165) is 31.9 Å². The van der Waals surface area contributed by atoms with Gasteiger partial charge >= 0.3 is 5.97 Å². The van der Waals surface area contributed by atoms with Crippen LogP contribution < -0.4 is 5.32 Å². The lowest BCUT2D eigenvalue weighted by Crippen LogP contribution is -2.39. The van der Waals surface area contributed by atoms with E-state index in [1.807, 2.05) is 26.0 Å². The van der Waals surface area contributed by atoms with Gasteiger partial charge < -0.3 is 10.4 Å². The van der Waals surface area contributed by atoms with Crippen LogP contribution in [-0.2, 0) is 4.79 Å². The van der Waals surface area contributed by atoms with Crippen LogP contribution in [-0.4, -0.2) is 46.6 Å². The van der Waals surface area contributed by atoms with Crippen molar-refractivity contribution < 1.29 is 9.90 Å². The van der Waals surface area contributed by atoms with Gasteiger partial charge in [0.05, 0.1) is 0 Å². The van der Waals surface area contributed by atoms with E-state index in [1.165, 1.54) is 5.56 Å². The predicted molar refractivity (Wildman–Crippen MR) is 78.9 cm³/mol. The molecular formula is C15H23N3O2. The van der Waals surface area contributed by atoms with Gasteiger partial charge in [0.2, 0.25) is 0 Å². The van der Waals surface area contributed by atoms with Gasteiger partial charge in [-0.15, -0.1) is 0 Å². The van der Waals surface area contributed by atoms with Crippen molar-refractivity contribution in [1.29, 1.82) is 0 Å². The lowest BCUT2D eigenvalue weighted by Gasteiger charge is -2.23. The average Bonchev–Trinajstić information content (AvgIpc) is 2.85. The minimum absolute atomic E-state index is 0.336. The number of carboxylic acids is 1. The van der Waals surface area contributed by atoms with Gasteiger partial charge in [-0.2, -0.15) is 0 Å². The molecule has 2 N–H and O–H groups in total. The highest BCUT2D eigenvalue weighted by atomic mass is 16.4. The molecule has 0 aliphatic carbocycles. The maximum Gasteiger partial charge on any atom is 0.320 e. The fraction of sp³-hybridized carbons (Fsp3) is 0.600. The van der Waals surface area contributed by atoms with Crippen molar-refractivity contribution in [3.63, 3.8) is 0 Å². The fourth-order valence-corrected chi connectivity index (χ4v) is 2.78. The summed E-state index contributed by atoms with van der Waals surface area (Å²) in [6.07, 6.45) is 3.51. The number of rotatable bonds is 6. The van der Waals surface area contributed by atoms with Crippen LogP contribution in [0, 0.1) is 12.8 Å². The minimum atomic E-state index is -0.707. The molecule has 1 saturated heterocycles. The second-order valence-electron chi connectivity index (χ2n) is 5.51. The van der Waals surface area contributed by atoms with Gasteiger partial charge in [0.1, 0.15) is 11.9 Å². The van der Waals surface area contributed by atoms with E-state index in [0.29, 0.717) is 12.3 Å². The Kier molecular flexibility index (Phi) is 4.95. The van der Waals surface area contributed by atoms with Gasteiger partial charge in [-0.3, -0.25) is 9.69 Å². The molecule has 1 aliphatic rings. The number of nitrogens with zero attached hydrogens (tertiary/aromatic N) is 2. The summed E-state index contributed by atoms with van der Waals surface area (Å²) in [5.74, 6) is 0.681. The highest BCUT2D eigenvalue weighted by Crippen LogP contribution is 2.20. The Morgan fingerprint density at radius 2 is 2.45 bits per heavy atom. The van der Waals surface area contributed by atoms with E-state index in [2.05, 4.69) is 15.2 Å². The van der Waals surface area contributed by atoms with Gasteiger partial charge in [-0.1, -0.05) is 6.92 Å². The molecule has 0 aromatic carbocycles. The van der Waals surface area contributed by atoms with Crippen LogP contribution in [0.1, 0.15) is 25.3 Å². The van der Waals surface area contributed by atoms with Crippen LogP contribution in [0.2, 0.25) is 0 Å². The van der Waals surface area contributed by atoms with Gasteiger partial charge in [0.15, 0.2) is 0 Å². The minimum Gasteiger partial charge on any atom is -0.480 e. The number of hydrogen-bond acceptors (Lipinski definition) is 4. The quantitative estimate of drug-likeness (QED) is 0.832. The molecule has 1 aliphatic heterocycles. The molecule has 1 aromatic rings. The number of aromatic nitrogens is 1. The van der Waals surface area contributed by atoms with Crippen molar-refractivity contribution in [3.8, 4) is 0 Å². The number of likely N-dealkylation sites (tertiary alicyclic amines) is 1. The number of pyridine rings is 1. The second kappa shape index (κ2) is 6.70. The van der Waals surface area contributed by atoms with Gasteiger partial charge in [0, 0.05) is 19.3 Å². The Bertz CT molecular complexity index is 464. The van der Waals surface area contributed by atoms with Crippen LogP contribution in [0.3, 0.4) is 0 Å². The Hall–Kier alpha value is -1.62. The zero-order chi connectivity index (χ0) is 14.5. The van der Waals surface area contributed by atoms with Crippen LogP contribution >= 0.6 is 0 Å². The maximum absolute atomic E-state index is 11.2. The molecule has 2 rings (SSSR count). The van der Waals surface area contributed by atoms with E-state index in [4.69, 9.17) is 0 Å². The Labute approximate surface area is 120 Å². The van der Waals surface area contributed by atoms with E-state index in [9.17, 15) is 9.90 Å². The SMILES string of the molecule is CCC(C(=O)O)N1CCC(CNc2cc(C)ccn2)C1. The fourth-order valence-electron chi connectivity index (χ4n) is 2.78. The number of aliphatic carboxylic acids is 1. The highest BCUT2D eigenvalue weighted by molar-refractivity contribution is 5.73. The first-order valence-corrected chi connectivity index (χ1v) is 7.23. The van der Waals surface area contributed by atoms with Crippen LogP contribution in [0.25, 0.3) is 0 Å². The van der Waals surface area contributed by atoms with E-state index < -0.39 is 5.97 Å². The molecule has 0 spiro atoms. The van der Waals surface area contributed by atoms with Gasteiger partial charge in [-0.25, -0.2) is 4.98 Å². The number of anilines is 1. The first-order valence-electron chi connectivity index (χ1n) is 7.23. The van der Waals surface area contributed by atoms with E-state index in [1.54, 1.807) is 6.20 Å². The lowest BCUT2D eigenvalue weighted by molar-refractivity contribution is -0.143. The zero-order valence-electron chi connectivity index (χ0n) is 12.2. The summed E-state index contributed by atoms with van der Waals surface area (Å²) in [6, 6.07) is 3.66. The van der Waals surface area contributed by atoms with Crippen molar-refractivity contribution in [1.82, 2.24) is 9.88 Å². The summed E-state index contributed by atoms with van der Waals surface area (Å²) in [5.41, 5.74) is 1.19. The summed E-state index contributed by atoms with van der Waals surface area (Å²) < 4.78 is 0.